The van der Waals surface area contributed by atoms with Crippen molar-refractivity contribution < 1.29 is 19.5 Å². The van der Waals surface area contributed by atoms with Crippen molar-refractivity contribution in [2.45, 2.75) is 91.4 Å². The first-order valence-electron chi connectivity index (χ1n) is 12.7. The predicted octanol–water partition coefficient (Wildman–Crippen LogP) is 4.83. The maximum atomic E-state index is 12.1. The molecule has 0 aliphatic heterocycles. The van der Waals surface area contributed by atoms with Gasteiger partial charge in [-0.15, -0.1) is 0 Å². The smallest absolute Gasteiger partial charge is 0.322 e. The summed E-state index contributed by atoms with van der Waals surface area (Å²) >= 11 is 0. The average Bonchev–Trinajstić information content (AvgIpc) is 3.08. The van der Waals surface area contributed by atoms with Gasteiger partial charge < -0.3 is 10.4 Å². The number of ketones is 1. The summed E-state index contributed by atoms with van der Waals surface area (Å²) in [4.78, 5) is 34.8. The zero-order chi connectivity index (χ0) is 22.4. The van der Waals surface area contributed by atoms with Crippen LogP contribution in [-0.2, 0) is 14.4 Å². The molecule has 4 fully saturated rings. The first-order chi connectivity index (χ1) is 14.6. The minimum atomic E-state index is -0.991. The Morgan fingerprint density at radius 1 is 1.06 bits per heavy atom. The van der Waals surface area contributed by atoms with Gasteiger partial charge in [0.15, 0.2) is 0 Å². The first kappa shape index (κ1) is 22.8. The SMILES string of the molecule is C[C@H](CCC(=O)NCC(=O)O)C1CCC2[C@@H]3CC[C@@H]4CC(=O)CC[C@]4(C)C3CC[C@@]21C. The zero-order valence-electron chi connectivity index (χ0n) is 19.6. The quantitative estimate of drug-likeness (QED) is 0.631. The highest BCUT2D eigenvalue weighted by molar-refractivity contribution is 5.81. The summed E-state index contributed by atoms with van der Waals surface area (Å²) in [5, 5.41) is 11.2. The van der Waals surface area contributed by atoms with E-state index < -0.39 is 5.97 Å². The van der Waals surface area contributed by atoms with Crippen LogP contribution in [0, 0.1) is 46.3 Å². The molecule has 2 N–H and O–H groups in total. The summed E-state index contributed by atoms with van der Waals surface area (Å²) in [5.41, 5.74) is 0.732. The summed E-state index contributed by atoms with van der Waals surface area (Å²) in [6.07, 6.45) is 11.7. The van der Waals surface area contributed by atoms with Crippen molar-refractivity contribution in [2.24, 2.45) is 46.3 Å². The fraction of sp³-hybridized carbons (Fsp3) is 0.885. The number of amides is 1. The lowest BCUT2D eigenvalue weighted by atomic mass is 9.44. The van der Waals surface area contributed by atoms with Crippen molar-refractivity contribution in [3.63, 3.8) is 0 Å². The molecule has 0 aromatic rings. The monoisotopic (exact) mass is 431 g/mol. The Morgan fingerprint density at radius 2 is 1.81 bits per heavy atom. The van der Waals surface area contributed by atoms with Crippen molar-refractivity contribution in [3.05, 3.63) is 0 Å². The number of aliphatic carboxylic acids is 1. The van der Waals surface area contributed by atoms with Crippen LogP contribution in [0.3, 0.4) is 0 Å². The topological polar surface area (TPSA) is 83.5 Å². The normalized spacial score (nSPS) is 42.8. The van der Waals surface area contributed by atoms with Gasteiger partial charge in [-0.05, 0) is 97.7 Å². The molecule has 4 rings (SSSR count). The van der Waals surface area contributed by atoms with Crippen LogP contribution in [0.1, 0.15) is 91.4 Å². The van der Waals surface area contributed by atoms with Crippen LogP contribution in [-0.4, -0.2) is 29.3 Å². The minimum absolute atomic E-state index is 0.143. The standard InChI is InChI=1S/C26H41NO4/c1-16(4-9-23(29)27-15-24(30)31)20-7-8-21-19-6-5-17-14-18(28)10-12-25(17,2)22(19)11-13-26(20,21)3/h16-17,19-22H,4-15H2,1-3H3,(H,27,29)(H,30,31)/t16-,17-,19+,20?,21?,22?,25+,26-/m1/s1. The molecule has 8 atom stereocenters. The number of carboxylic acid groups (broad SMARTS) is 1. The minimum Gasteiger partial charge on any atom is -0.480 e. The van der Waals surface area contributed by atoms with Gasteiger partial charge in [-0.25, -0.2) is 0 Å². The lowest BCUT2D eigenvalue weighted by molar-refractivity contribution is -0.140. The Kier molecular flexibility index (Phi) is 6.26. The molecule has 31 heavy (non-hydrogen) atoms. The maximum Gasteiger partial charge on any atom is 0.322 e. The highest BCUT2D eigenvalue weighted by Gasteiger charge is 2.60. The second kappa shape index (κ2) is 8.51. The van der Waals surface area contributed by atoms with Crippen LogP contribution >= 0.6 is 0 Å². The van der Waals surface area contributed by atoms with Gasteiger partial charge in [-0.3, -0.25) is 14.4 Å². The predicted molar refractivity (Wildman–Crippen MR) is 119 cm³/mol. The van der Waals surface area contributed by atoms with Crippen molar-refractivity contribution in [2.75, 3.05) is 6.54 Å². The Bertz CT molecular complexity index is 735. The molecule has 4 aliphatic carbocycles. The fourth-order valence-corrected chi connectivity index (χ4v) is 8.84. The molecule has 0 heterocycles. The Labute approximate surface area is 187 Å². The molecule has 0 radical (unpaired) electrons. The number of fused-ring (bicyclic) bond motifs is 5. The van der Waals surface area contributed by atoms with Gasteiger partial charge in [-0.2, -0.15) is 0 Å². The van der Waals surface area contributed by atoms with E-state index in [9.17, 15) is 14.4 Å². The molecular weight excluding hydrogens is 390 g/mol. The van der Waals surface area contributed by atoms with Gasteiger partial charge in [-0.1, -0.05) is 20.8 Å². The highest BCUT2D eigenvalue weighted by atomic mass is 16.4. The number of nitrogens with one attached hydrogen (secondary N) is 1. The molecule has 4 aliphatic rings. The van der Waals surface area contributed by atoms with Crippen LogP contribution in [0.4, 0.5) is 0 Å². The summed E-state index contributed by atoms with van der Waals surface area (Å²) in [6.45, 7) is 7.06. The molecule has 1 amide bonds. The number of rotatable bonds is 6. The molecule has 5 heteroatoms. The van der Waals surface area contributed by atoms with Crippen LogP contribution in [0.15, 0.2) is 0 Å². The van der Waals surface area contributed by atoms with E-state index in [-0.39, 0.29) is 12.5 Å². The lowest BCUT2D eigenvalue weighted by Gasteiger charge is -2.60. The van der Waals surface area contributed by atoms with Gasteiger partial charge in [0.05, 0.1) is 0 Å². The van der Waals surface area contributed by atoms with Crippen molar-refractivity contribution in [1.82, 2.24) is 5.32 Å². The second-order valence-electron chi connectivity index (χ2n) is 11.8. The van der Waals surface area contributed by atoms with Crippen molar-refractivity contribution >= 4 is 17.7 Å². The van der Waals surface area contributed by atoms with E-state index in [1.807, 2.05) is 0 Å². The summed E-state index contributed by atoms with van der Waals surface area (Å²) < 4.78 is 0. The highest BCUT2D eigenvalue weighted by Crippen LogP contribution is 2.68. The molecule has 174 valence electrons. The van der Waals surface area contributed by atoms with Gasteiger partial charge in [0.25, 0.3) is 0 Å². The molecular formula is C26H41NO4. The third-order valence-electron chi connectivity index (χ3n) is 10.5. The van der Waals surface area contributed by atoms with E-state index in [1.54, 1.807) is 0 Å². The molecule has 0 bridgehead atoms. The summed E-state index contributed by atoms with van der Waals surface area (Å²) in [7, 11) is 0. The van der Waals surface area contributed by atoms with Gasteiger partial charge >= 0.3 is 5.97 Å². The maximum absolute atomic E-state index is 12.1. The number of Topliss-reactive ketones (excluding diaryl/α,β-unsaturated/α-hetero) is 1. The second-order valence-corrected chi connectivity index (χ2v) is 11.8. The van der Waals surface area contributed by atoms with Gasteiger partial charge in [0.1, 0.15) is 12.3 Å². The van der Waals surface area contributed by atoms with Gasteiger partial charge in [0, 0.05) is 19.3 Å². The van der Waals surface area contributed by atoms with E-state index in [0.717, 1.165) is 43.4 Å². The Hall–Kier alpha value is -1.39. The number of carboxylic acids is 1. The van der Waals surface area contributed by atoms with Crippen molar-refractivity contribution in [3.8, 4) is 0 Å². The van der Waals surface area contributed by atoms with Crippen LogP contribution in [0.25, 0.3) is 0 Å². The summed E-state index contributed by atoms with van der Waals surface area (Å²) in [5.74, 6) is 3.49. The third-order valence-corrected chi connectivity index (χ3v) is 10.5. The number of hydrogen-bond acceptors (Lipinski definition) is 3. The first-order valence-corrected chi connectivity index (χ1v) is 12.7. The largest absolute Gasteiger partial charge is 0.480 e. The molecule has 0 aromatic heterocycles. The van der Waals surface area contributed by atoms with E-state index in [4.69, 9.17) is 5.11 Å². The lowest BCUT2D eigenvalue weighted by Crippen LogP contribution is -2.53. The zero-order valence-corrected chi connectivity index (χ0v) is 19.6. The van der Waals surface area contributed by atoms with Crippen LogP contribution in [0.5, 0.6) is 0 Å². The van der Waals surface area contributed by atoms with Gasteiger partial charge in [0.2, 0.25) is 5.91 Å². The summed E-state index contributed by atoms with van der Waals surface area (Å²) in [6, 6.07) is 0. The van der Waals surface area contributed by atoms with E-state index in [2.05, 4.69) is 26.1 Å². The van der Waals surface area contributed by atoms with E-state index in [1.165, 1.54) is 38.5 Å². The van der Waals surface area contributed by atoms with Crippen molar-refractivity contribution in [1.29, 1.82) is 0 Å². The molecule has 5 nitrogen and oxygen atoms in total. The molecule has 0 aromatic carbocycles. The number of hydrogen-bond donors (Lipinski definition) is 2. The molecule has 0 saturated heterocycles. The van der Waals surface area contributed by atoms with Crippen LogP contribution in [0.2, 0.25) is 0 Å². The Morgan fingerprint density at radius 3 is 2.55 bits per heavy atom. The molecule has 0 spiro atoms. The Balaban J connectivity index is 1.40. The fourth-order valence-electron chi connectivity index (χ4n) is 8.84. The van der Waals surface area contributed by atoms with E-state index in [0.29, 0.717) is 40.8 Å². The number of carbonyl (C=O) groups excluding carboxylic acids is 2. The number of carbonyl (C=O) groups is 3. The third kappa shape index (κ3) is 4.06. The molecule has 3 unspecified atom stereocenters. The van der Waals surface area contributed by atoms with Crippen LogP contribution < -0.4 is 5.32 Å². The average molecular weight is 432 g/mol. The van der Waals surface area contributed by atoms with E-state index >= 15 is 0 Å². The molecule has 4 saturated carbocycles.